The molecule has 0 bridgehead atoms. The van der Waals surface area contributed by atoms with E-state index in [2.05, 4.69) is 10.6 Å². The summed E-state index contributed by atoms with van der Waals surface area (Å²) in [7, 11) is 0. The molecule has 0 saturated carbocycles. The van der Waals surface area contributed by atoms with Crippen LogP contribution < -0.4 is 10.6 Å². The molecule has 0 aliphatic carbocycles. The number of anilines is 1. The largest absolute Gasteiger partial charge is 0.481 e. The van der Waals surface area contributed by atoms with E-state index in [4.69, 9.17) is 4.74 Å². The number of hydrogen-bond acceptors (Lipinski definition) is 6. The molecule has 1 heterocycles. The average Bonchev–Trinajstić information content (AvgIpc) is 3.26. The van der Waals surface area contributed by atoms with Crippen LogP contribution in [-0.4, -0.2) is 57.8 Å². The van der Waals surface area contributed by atoms with Crippen LogP contribution in [0.25, 0.3) is 0 Å². The van der Waals surface area contributed by atoms with Crippen molar-refractivity contribution in [2.45, 2.75) is 50.6 Å². The van der Waals surface area contributed by atoms with E-state index < -0.39 is 59.2 Å². The minimum atomic E-state index is -1.00. The fraction of sp³-hybridized carbons (Fsp3) is 0.385. The lowest BCUT2D eigenvalue weighted by Crippen LogP contribution is -2.49. The van der Waals surface area contributed by atoms with E-state index in [9.17, 15) is 28.7 Å². The van der Waals surface area contributed by atoms with Crippen LogP contribution in [0.1, 0.15) is 50.1 Å². The van der Waals surface area contributed by atoms with Gasteiger partial charge in [0.1, 0.15) is 22.8 Å². The lowest BCUT2D eigenvalue weighted by atomic mass is 10.0. The summed E-state index contributed by atoms with van der Waals surface area (Å²) in [5.74, 6) is -3.26. The molecule has 2 aromatic rings. The van der Waals surface area contributed by atoms with Gasteiger partial charge in [-0.3, -0.25) is 9.59 Å². The number of carboxylic acids is 1. The summed E-state index contributed by atoms with van der Waals surface area (Å²) >= 11 is 1.24. The molecule has 3 atom stereocenters. The fourth-order valence-electron chi connectivity index (χ4n) is 3.73. The standard InChI is InChI=1S/C26H30FN3O6S/c1-15(23(32)33)16-8-7-9-17(12-16)29-25(35)28-13-21(31)30-20(24(34)36-26(2,3)4)14-37-22(30)18-10-5-6-11-19(18)27/h5-12,15,20,22H,13-14H2,1-4H3,(H,32,33)(H2,28,29,35)/t15-,20+,22?/m1/s1. The van der Waals surface area contributed by atoms with E-state index in [-0.39, 0.29) is 11.3 Å². The number of nitrogens with zero attached hydrogens (tertiary/aromatic N) is 1. The maximum atomic E-state index is 14.6. The number of halogens is 1. The number of amides is 3. The quantitative estimate of drug-likeness (QED) is 0.459. The van der Waals surface area contributed by atoms with Gasteiger partial charge in [0.15, 0.2) is 0 Å². The zero-order valence-electron chi connectivity index (χ0n) is 21.0. The maximum Gasteiger partial charge on any atom is 0.330 e. The van der Waals surface area contributed by atoms with Crippen LogP contribution in [0, 0.1) is 5.82 Å². The Hall–Kier alpha value is -3.60. The third kappa shape index (κ3) is 7.22. The lowest BCUT2D eigenvalue weighted by Gasteiger charge is -2.30. The summed E-state index contributed by atoms with van der Waals surface area (Å²) in [5, 5.41) is 13.5. The first-order chi connectivity index (χ1) is 17.4. The number of hydrogen-bond donors (Lipinski definition) is 3. The zero-order valence-corrected chi connectivity index (χ0v) is 21.8. The molecule has 3 N–H and O–H groups in total. The number of benzene rings is 2. The number of thioether (sulfide) groups is 1. The van der Waals surface area contributed by atoms with Gasteiger partial charge in [-0.15, -0.1) is 11.8 Å². The summed E-state index contributed by atoms with van der Waals surface area (Å²) in [4.78, 5) is 51.1. The Kier molecular flexibility index (Phi) is 8.80. The van der Waals surface area contributed by atoms with E-state index in [1.807, 2.05) is 0 Å². The molecule has 0 aromatic heterocycles. The summed E-state index contributed by atoms with van der Waals surface area (Å²) in [6.45, 7) is 6.21. The highest BCUT2D eigenvalue weighted by molar-refractivity contribution is 7.99. The van der Waals surface area contributed by atoms with Crippen molar-refractivity contribution in [3.63, 3.8) is 0 Å². The van der Waals surface area contributed by atoms with Crippen LogP contribution in [0.5, 0.6) is 0 Å². The molecule has 1 unspecified atom stereocenters. The van der Waals surface area contributed by atoms with Crippen molar-refractivity contribution in [2.75, 3.05) is 17.6 Å². The monoisotopic (exact) mass is 531 g/mol. The number of urea groups is 1. The van der Waals surface area contributed by atoms with Crippen molar-refractivity contribution >= 4 is 41.3 Å². The topological polar surface area (TPSA) is 125 Å². The molecule has 1 saturated heterocycles. The van der Waals surface area contributed by atoms with Gasteiger partial charge in [0.2, 0.25) is 5.91 Å². The van der Waals surface area contributed by atoms with Crippen molar-refractivity contribution in [3.8, 4) is 0 Å². The number of esters is 1. The molecular weight excluding hydrogens is 501 g/mol. The average molecular weight is 532 g/mol. The van der Waals surface area contributed by atoms with Gasteiger partial charge in [-0.2, -0.15) is 0 Å². The third-order valence-electron chi connectivity index (χ3n) is 5.55. The van der Waals surface area contributed by atoms with Crippen LogP contribution in [0.2, 0.25) is 0 Å². The Morgan fingerprint density at radius 3 is 2.51 bits per heavy atom. The number of nitrogens with one attached hydrogen (secondary N) is 2. The highest BCUT2D eigenvalue weighted by atomic mass is 32.2. The number of carbonyl (C=O) groups excluding carboxylic acids is 3. The first-order valence-electron chi connectivity index (χ1n) is 11.6. The molecule has 1 fully saturated rings. The smallest absolute Gasteiger partial charge is 0.330 e. The second-order valence-corrected chi connectivity index (χ2v) is 10.7. The van der Waals surface area contributed by atoms with Crippen molar-refractivity contribution in [3.05, 3.63) is 65.5 Å². The Morgan fingerprint density at radius 2 is 1.86 bits per heavy atom. The van der Waals surface area contributed by atoms with Gasteiger partial charge in [-0.1, -0.05) is 30.3 Å². The van der Waals surface area contributed by atoms with Crippen LogP contribution in [0.4, 0.5) is 14.9 Å². The number of aliphatic carboxylic acids is 1. The highest BCUT2D eigenvalue weighted by Gasteiger charge is 2.44. The number of ether oxygens (including phenoxy) is 1. The maximum absolute atomic E-state index is 14.6. The zero-order chi connectivity index (χ0) is 27.3. The van der Waals surface area contributed by atoms with Crippen molar-refractivity contribution < 1.29 is 33.4 Å². The van der Waals surface area contributed by atoms with Gasteiger partial charge in [0.25, 0.3) is 0 Å². The molecule has 3 amide bonds. The van der Waals surface area contributed by atoms with E-state index in [1.54, 1.807) is 51.1 Å². The number of carboxylic acid groups (broad SMARTS) is 1. The Bertz CT molecular complexity index is 1180. The van der Waals surface area contributed by atoms with Gasteiger partial charge in [-0.25, -0.2) is 14.0 Å². The van der Waals surface area contributed by atoms with Crippen LogP contribution in [0.15, 0.2) is 48.5 Å². The summed E-state index contributed by atoms with van der Waals surface area (Å²) in [6, 6.07) is 10.7. The van der Waals surface area contributed by atoms with Gasteiger partial charge in [-0.05, 0) is 51.5 Å². The van der Waals surface area contributed by atoms with Crippen LogP contribution >= 0.6 is 11.8 Å². The first kappa shape index (κ1) is 28.0. The Labute approximate surface area is 218 Å². The van der Waals surface area contributed by atoms with Crippen molar-refractivity contribution in [1.29, 1.82) is 0 Å². The molecule has 1 aliphatic rings. The van der Waals surface area contributed by atoms with Gasteiger partial charge in [0, 0.05) is 17.0 Å². The van der Waals surface area contributed by atoms with Gasteiger partial charge >= 0.3 is 18.0 Å². The Morgan fingerprint density at radius 1 is 1.16 bits per heavy atom. The molecule has 198 valence electrons. The molecular formula is C26H30FN3O6S. The third-order valence-corrected chi connectivity index (χ3v) is 6.86. The van der Waals surface area contributed by atoms with Crippen molar-refractivity contribution in [1.82, 2.24) is 10.2 Å². The first-order valence-corrected chi connectivity index (χ1v) is 12.7. The van der Waals surface area contributed by atoms with E-state index in [0.29, 0.717) is 11.3 Å². The number of carbonyl (C=O) groups is 4. The normalized spacial score (nSPS) is 18.1. The summed E-state index contributed by atoms with van der Waals surface area (Å²) in [6.07, 6.45) is 0. The minimum Gasteiger partial charge on any atom is -0.481 e. The molecule has 0 spiro atoms. The van der Waals surface area contributed by atoms with Crippen molar-refractivity contribution in [2.24, 2.45) is 0 Å². The van der Waals surface area contributed by atoms with E-state index in [1.165, 1.54) is 41.8 Å². The predicted octanol–water partition coefficient (Wildman–Crippen LogP) is 4.12. The summed E-state index contributed by atoms with van der Waals surface area (Å²) in [5.41, 5.74) is 0.324. The highest BCUT2D eigenvalue weighted by Crippen LogP contribution is 2.42. The fourth-order valence-corrected chi connectivity index (χ4v) is 5.19. The Balaban J connectivity index is 1.73. The molecule has 11 heteroatoms. The number of rotatable bonds is 7. The summed E-state index contributed by atoms with van der Waals surface area (Å²) < 4.78 is 20.1. The molecule has 2 aromatic carbocycles. The van der Waals surface area contributed by atoms with Gasteiger partial charge in [0.05, 0.1) is 12.5 Å². The lowest BCUT2D eigenvalue weighted by molar-refractivity contribution is -0.163. The molecule has 3 rings (SSSR count). The predicted molar refractivity (Wildman–Crippen MR) is 138 cm³/mol. The molecule has 0 radical (unpaired) electrons. The van der Waals surface area contributed by atoms with Gasteiger partial charge < -0.3 is 25.4 Å². The molecule has 37 heavy (non-hydrogen) atoms. The second kappa shape index (κ2) is 11.6. The molecule has 9 nitrogen and oxygen atoms in total. The minimum absolute atomic E-state index is 0.209. The van der Waals surface area contributed by atoms with E-state index in [0.717, 1.165) is 0 Å². The molecule has 1 aliphatic heterocycles. The van der Waals surface area contributed by atoms with Crippen LogP contribution in [-0.2, 0) is 19.1 Å². The second-order valence-electron chi connectivity index (χ2n) is 9.55. The van der Waals surface area contributed by atoms with E-state index >= 15 is 0 Å². The van der Waals surface area contributed by atoms with Crippen LogP contribution in [0.3, 0.4) is 0 Å². The SMILES string of the molecule is C[C@@H](C(=O)O)c1cccc(NC(=O)NCC(=O)N2C(c3ccccc3F)SC[C@H]2C(=O)OC(C)(C)C)c1.